The average molecular weight is 389 g/mol. The summed E-state index contributed by atoms with van der Waals surface area (Å²) in [4.78, 5) is 17.0. The molecule has 4 heterocycles. The van der Waals surface area contributed by atoms with Gasteiger partial charge in [0.2, 0.25) is 11.8 Å². The molecule has 1 atom stereocenters. The number of carbonyl (C=O) groups is 1. The summed E-state index contributed by atoms with van der Waals surface area (Å²) < 4.78 is 16.3. The van der Waals surface area contributed by atoms with Crippen LogP contribution in [0.2, 0.25) is 0 Å². The molecule has 2 saturated heterocycles. The fraction of sp³-hybridized carbons (Fsp3) is 0.684. The van der Waals surface area contributed by atoms with Gasteiger partial charge in [-0.05, 0) is 20.4 Å². The molecule has 0 N–H and O–H groups in total. The van der Waals surface area contributed by atoms with Gasteiger partial charge in [0.05, 0.1) is 18.2 Å². The van der Waals surface area contributed by atoms with E-state index in [0.717, 1.165) is 18.5 Å². The minimum atomic E-state index is -0.0967. The number of hydrogen-bond acceptors (Lipinski definition) is 8. The van der Waals surface area contributed by atoms with Gasteiger partial charge in [-0.2, -0.15) is 0 Å². The van der Waals surface area contributed by atoms with Crippen molar-refractivity contribution in [2.45, 2.75) is 45.8 Å². The van der Waals surface area contributed by atoms with Gasteiger partial charge in [-0.1, -0.05) is 19.0 Å². The predicted molar refractivity (Wildman–Crippen MR) is 98.7 cm³/mol. The summed E-state index contributed by atoms with van der Waals surface area (Å²) in [6.45, 7) is 8.46. The molecule has 2 aromatic heterocycles. The summed E-state index contributed by atoms with van der Waals surface area (Å²) in [5.74, 6) is 2.08. The maximum Gasteiger partial charge on any atom is 0.276 e. The molecular weight excluding hydrogens is 362 g/mol. The number of aromatic nitrogens is 3. The van der Waals surface area contributed by atoms with Crippen LogP contribution in [0.5, 0.6) is 0 Å². The van der Waals surface area contributed by atoms with Gasteiger partial charge in [0.25, 0.3) is 5.91 Å². The summed E-state index contributed by atoms with van der Waals surface area (Å²) in [6, 6.07) is 0.0931. The van der Waals surface area contributed by atoms with Crippen LogP contribution in [0.4, 0.5) is 0 Å². The Labute approximate surface area is 164 Å². The van der Waals surface area contributed by atoms with E-state index in [9.17, 15) is 4.79 Å². The van der Waals surface area contributed by atoms with Gasteiger partial charge in [-0.3, -0.25) is 9.69 Å². The first-order valence-electron chi connectivity index (χ1n) is 9.60. The Kier molecular flexibility index (Phi) is 4.75. The molecule has 4 rings (SSSR count). The predicted octanol–water partition coefficient (Wildman–Crippen LogP) is 2.15. The second-order valence-electron chi connectivity index (χ2n) is 8.43. The standard InChI is InChI=1S/C19H27N5O4/c1-11(2)16-20-21-17(27-16)14-6-19(8-23(14)4)9-24(10-19)18(25)15-13(7-26-5)12(3)28-22-15/h11,14H,6-10H2,1-5H3. The lowest BCUT2D eigenvalue weighted by molar-refractivity contribution is 0.0104. The van der Waals surface area contributed by atoms with E-state index in [2.05, 4.69) is 27.3 Å². The van der Waals surface area contributed by atoms with Gasteiger partial charge < -0.3 is 18.6 Å². The van der Waals surface area contributed by atoms with Crippen LogP contribution < -0.4 is 0 Å². The van der Waals surface area contributed by atoms with Crippen LogP contribution in [0.25, 0.3) is 0 Å². The highest BCUT2D eigenvalue weighted by Crippen LogP contribution is 2.47. The topological polar surface area (TPSA) is 97.7 Å². The summed E-state index contributed by atoms with van der Waals surface area (Å²) in [7, 11) is 3.66. The van der Waals surface area contributed by atoms with Crippen molar-refractivity contribution in [1.29, 1.82) is 0 Å². The zero-order chi connectivity index (χ0) is 20.1. The first-order valence-corrected chi connectivity index (χ1v) is 9.60. The molecule has 0 aromatic carbocycles. The van der Waals surface area contributed by atoms with Gasteiger partial charge >= 0.3 is 0 Å². The number of rotatable bonds is 5. The Morgan fingerprint density at radius 2 is 2.07 bits per heavy atom. The second kappa shape index (κ2) is 6.97. The second-order valence-corrected chi connectivity index (χ2v) is 8.43. The summed E-state index contributed by atoms with van der Waals surface area (Å²) in [6.07, 6.45) is 0.899. The third kappa shape index (κ3) is 3.12. The molecule has 9 heteroatoms. The van der Waals surface area contributed by atoms with Crippen molar-refractivity contribution in [3.05, 3.63) is 28.8 Å². The van der Waals surface area contributed by atoms with Crippen LogP contribution >= 0.6 is 0 Å². The molecular formula is C19H27N5O4. The Hall–Kier alpha value is -2.26. The van der Waals surface area contributed by atoms with Crippen molar-refractivity contribution < 1.29 is 18.5 Å². The van der Waals surface area contributed by atoms with E-state index >= 15 is 0 Å². The first-order chi connectivity index (χ1) is 13.3. The molecule has 0 saturated carbocycles. The van der Waals surface area contributed by atoms with E-state index < -0.39 is 0 Å². The molecule has 9 nitrogen and oxygen atoms in total. The first kappa shape index (κ1) is 19.1. The van der Waals surface area contributed by atoms with Gasteiger partial charge in [-0.15, -0.1) is 10.2 Å². The van der Waals surface area contributed by atoms with Crippen molar-refractivity contribution in [3.8, 4) is 0 Å². The van der Waals surface area contributed by atoms with Crippen LogP contribution in [0.3, 0.4) is 0 Å². The molecule has 1 unspecified atom stereocenters. The van der Waals surface area contributed by atoms with Crippen LogP contribution in [-0.4, -0.2) is 64.9 Å². The molecule has 28 heavy (non-hydrogen) atoms. The molecule has 0 aliphatic carbocycles. The highest BCUT2D eigenvalue weighted by molar-refractivity contribution is 5.94. The maximum atomic E-state index is 12.9. The van der Waals surface area contributed by atoms with E-state index in [1.54, 1.807) is 14.0 Å². The van der Waals surface area contributed by atoms with E-state index in [1.807, 2.05) is 18.7 Å². The fourth-order valence-corrected chi connectivity index (χ4v) is 4.32. The molecule has 2 aliphatic heterocycles. The highest BCUT2D eigenvalue weighted by Gasteiger charge is 2.53. The van der Waals surface area contributed by atoms with Crippen molar-refractivity contribution >= 4 is 5.91 Å². The number of likely N-dealkylation sites (tertiary alicyclic amines) is 2. The molecule has 1 amide bonds. The number of nitrogens with zero attached hydrogens (tertiary/aromatic N) is 5. The number of hydrogen-bond donors (Lipinski definition) is 0. The Bertz CT molecular complexity index is 868. The third-order valence-electron chi connectivity index (χ3n) is 5.79. The number of aryl methyl sites for hydroxylation is 1. The van der Waals surface area contributed by atoms with Crippen LogP contribution in [0.1, 0.15) is 65.8 Å². The SMILES string of the molecule is COCc1c(C(=O)N2CC3(CC(c4nnc(C(C)C)o4)N(C)C3)C2)noc1C. The van der Waals surface area contributed by atoms with Crippen molar-refractivity contribution in [2.24, 2.45) is 5.41 Å². The number of ether oxygens (including phenoxy) is 1. The lowest BCUT2D eigenvalue weighted by Gasteiger charge is -2.47. The number of methoxy groups -OCH3 is 1. The van der Waals surface area contributed by atoms with Crippen LogP contribution in [-0.2, 0) is 11.3 Å². The Balaban J connectivity index is 1.43. The van der Waals surface area contributed by atoms with Gasteiger partial charge in [0, 0.05) is 38.1 Å². The Morgan fingerprint density at radius 1 is 1.32 bits per heavy atom. The van der Waals surface area contributed by atoms with Crippen LogP contribution in [0, 0.1) is 12.3 Å². The molecule has 0 radical (unpaired) electrons. The normalized spacial score (nSPS) is 21.6. The van der Waals surface area contributed by atoms with E-state index in [1.165, 1.54) is 0 Å². The van der Waals surface area contributed by atoms with E-state index in [-0.39, 0.29) is 23.3 Å². The molecule has 152 valence electrons. The van der Waals surface area contributed by atoms with Gasteiger partial charge in [0.15, 0.2) is 5.69 Å². The van der Waals surface area contributed by atoms with Crippen LogP contribution in [0.15, 0.2) is 8.94 Å². The Morgan fingerprint density at radius 3 is 2.71 bits per heavy atom. The maximum absolute atomic E-state index is 12.9. The molecule has 2 fully saturated rings. The van der Waals surface area contributed by atoms with E-state index in [0.29, 0.717) is 42.9 Å². The average Bonchev–Trinajstić information content (AvgIpc) is 3.31. The minimum absolute atomic E-state index is 0.0573. The zero-order valence-electron chi connectivity index (χ0n) is 17.1. The molecule has 2 aliphatic rings. The largest absolute Gasteiger partial charge is 0.423 e. The quantitative estimate of drug-likeness (QED) is 0.767. The monoisotopic (exact) mass is 389 g/mol. The molecule has 0 bridgehead atoms. The smallest absolute Gasteiger partial charge is 0.276 e. The number of carbonyl (C=O) groups excluding carboxylic acids is 1. The molecule has 1 spiro atoms. The van der Waals surface area contributed by atoms with Crippen molar-refractivity contribution in [2.75, 3.05) is 33.8 Å². The van der Waals surface area contributed by atoms with Crippen molar-refractivity contribution in [3.63, 3.8) is 0 Å². The molecule has 2 aromatic rings. The fourth-order valence-electron chi connectivity index (χ4n) is 4.32. The summed E-state index contributed by atoms with van der Waals surface area (Å²) in [5, 5.41) is 12.4. The minimum Gasteiger partial charge on any atom is -0.423 e. The summed E-state index contributed by atoms with van der Waals surface area (Å²) in [5.41, 5.74) is 1.14. The highest BCUT2D eigenvalue weighted by atomic mass is 16.5. The van der Waals surface area contributed by atoms with Crippen molar-refractivity contribution in [1.82, 2.24) is 25.2 Å². The lowest BCUT2D eigenvalue weighted by atomic mass is 9.77. The van der Waals surface area contributed by atoms with E-state index in [4.69, 9.17) is 13.7 Å². The van der Waals surface area contributed by atoms with Gasteiger partial charge in [-0.25, -0.2) is 0 Å². The third-order valence-corrected chi connectivity index (χ3v) is 5.79. The number of amides is 1. The van der Waals surface area contributed by atoms with Gasteiger partial charge in [0.1, 0.15) is 5.76 Å². The lowest BCUT2D eigenvalue weighted by Crippen LogP contribution is -2.59. The summed E-state index contributed by atoms with van der Waals surface area (Å²) >= 11 is 0. The zero-order valence-corrected chi connectivity index (χ0v) is 17.1.